The lowest BCUT2D eigenvalue weighted by molar-refractivity contribution is -0.142. The Labute approximate surface area is 168 Å². The van der Waals surface area contributed by atoms with Gasteiger partial charge in [-0.1, -0.05) is 0 Å². The van der Waals surface area contributed by atoms with Gasteiger partial charge in [0.1, 0.15) is 5.69 Å². The predicted molar refractivity (Wildman–Crippen MR) is 98.2 cm³/mol. The van der Waals surface area contributed by atoms with E-state index in [-0.39, 0.29) is 30.6 Å². The minimum atomic E-state index is -4.76. The largest absolute Gasteiger partial charge is 0.435 e. The Morgan fingerprint density at radius 2 is 2.14 bits per heavy atom. The van der Waals surface area contributed by atoms with E-state index in [1.54, 1.807) is 12.3 Å². The topological polar surface area (TPSA) is 59.8 Å². The number of nitrogens with one attached hydrogen (secondary N) is 1. The highest BCUT2D eigenvalue weighted by Gasteiger charge is 2.42. The van der Waals surface area contributed by atoms with Gasteiger partial charge in [-0.15, -0.1) is 11.8 Å². The summed E-state index contributed by atoms with van der Waals surface area (Å²) in [7, 11) is 0. The average Bonchev–Trinajstić information content (AvgIpc) is 3.13. The molecule has 0 aromatic carbocycles. The molecule has 5 nitrogen and oxygen atoms in total. The van der Waals surface area contributed by atoms with Crippen LogP contribution < -0.4 is 5.32 Å². The summed E-state index contributed by atoms with van der Waals surface area (Å²) in [5.74, 6) is -4.18. The molecule has 11 heteroatoms. The third kappa shape index (κ3) is 4.88. The van der Waals surface area contributed by atoms with E-state index in [1.165, 1.54) is 24.0 Å². The Bertz CT molecular complexity index is 912. The molecule has 0 spiro atoms. The summed E-state index contributed by atoms with van der Waals surface area (Å²) in [4.78, 5) is 16.8. The number of halogens is 5. The van der Waals surface area contributed by atoms with Crippen molar-refractivity contribution in [3.8, 4) is 0 Å². The summed E-state index contributed by atoms with van der Waals surface area (Å²) in [6.45, 7) is 0.978. The van der Waals surface area contributed by atoms with E-state index in [2.05, 4.69) is 15.4 Å². The van der Waals surface area contributed by atoms with Gasteiger partial charge in [-0.05, 0) is 37.7 Å². The monoisotopic (exact) mass is 434 g/mol. The Morgan fingerprint density at radius 3 is 2.72 bits per heavy atom. The molecule has 1 fully saturated rings. The van der Waals surface area contributed by atoms with E-state index < -0.39 is 36.0 Å². The molecular formula is C18H19F5N4OS. The normalized spacial score (nSPS) is 18.8. The van der Waals surface area contributed by atoms with Crippen LogP contribution in [0.5, 0.6) is 0 Å². The fourth-order valence-electron chi connectivity index (χ4n) is 3.47. The standard InChI is InChI=1S/C18H19F5N4OS/c1-10-14(16(28)25-12-4-6-24-13(7-12)29-2)27(26-15(10)18(21,22)23)9-11-3-5-17(19,20)8-11/h4,6-7,11H,3,5,8-9H2,1-2H3,(H,24,25,28). The van der Waals surface area contributed by atoms with Crippen molar-refractivity contribution in [1.82, 2.24) is 14.8 Å². The van der Waals surface area contributed by atoms with Gasteiger partial charge < -0.3 is 5.32 Å². The van der Waals surface area contributed by atoms with Gasteiger partial charge in [0.15, 0.2) is 5.69 Å². The quantitative estimate of drug-likeness (QED) is 0.531. The van der Waals surface area contributed by atoms with Crippen molar-refractivity contribution in [1.29, 1.82) is 0 Å². The molecule has 0 bridgehead atoms. The zero-order chi connectivity index (χ0) is 21.4. The number of carbonyl (C=O) groups is 1. The van der Waals surface area contributed by atoms with Gasteiger partial charge in [0.2, 0.25) is 5.92 Å². The zero-order valence-electron chi connectivity index (χ0n) is 15.7. The van der Waals surface area contributed by atoms with E-state index in [0.717, 1.165) is 11.6 Å². The molecular weight excluding hydrogens is 415 g/mol. The van der Waals surface area contributed by atoms with Crippen molar-refractivity contribution in [3.63, 3.8) is 0 Å². The first-order valence-electron chi connectivity index (χ1n) is 8.84. The SMILES string of the molecule is CSc1cc(NC(=O)c2c(C)c(C(F)(F)F)nn2CC2CCC(F)(F)C2)ccn1. The summed E-state index contributed by atoms with van der Waals surface area (Å²) < 4.78 is 67.9. The molecule has 1 aliphatic carbocycles. The average molecular weight is 434 g/mol. The minimum Gasteiger partial charge on any atom is -0.321 e. The first kappa shape index (κ1) is 21.5. The lowest BCUT2D eigenvalue weighted by atomic mass is 10.1. The van der Waals surface area contributed by atoms with E-state index in [1.807, 2.05) is 0 Å². The van der Waals surface area contributed by atoms with Crippen LogP contribution in [0.3, 0.4) is 0 Å². The molecule has 0 aliphatic heterocycles. The maximum atomic E-state index is 13.5. The number of rotatable bonds is 5. The first-order valence-corrected chi connectivity index (χ1v) is 10.1. The van der Waals surface area contributed by atoms with Crippen LogP contribution in [-0.4, -0.2) is 32.8 Å². The minimum absolute atomic E-state index is 0.162. The number of pyridine rings is 1. The second kappa shape index (κ2) is 7.92. The number of anilines is 1. The summed E-state index contributed by atoms with van der Waals surface area (Å²) in [6, 6.07) is 3.09. The lowest BCUT2D eigenvalue weighted by Crippen LogP contribution is -2.21. The molecule has 0 saturated heterocycles. The van der Waals surface area contributed by atoms with Gasteiger partial charge in [0.25, 0.3) is 5.91 Å². The van der Waals surface area contributed by atoms with E-state index >= 15 is 0 Å². The second-order valence-electron chi connectivity index (χ2n) is 7.01. The van der Waals surface area contributed by atoms with Crippen molar-refractivity contribution < 1.29 is 26.7 Å². The molecule has 29 heavy (non-hydrogen) atoms. The molecule has 1 aliphatic rings. The Hall–Kier alpha value is -2.17. The van der Waals surface area contributed by atoms with Gasteiger partial charge >= 0.3 is 6.18 Å². The Morgan fingerprint density at radius 1 is 1.41 bits per heavy atom. The number of hydrogen-bond donors (Lipinski definition) is 1. The zero-order valence-corrected chi connectivity index (χ0v) is 16.5. The molecule has 1 atom stereocenters. The second-order valence-corrected chi connectivity index (χ2v) is 7.83. The number of carbonyl (C=O) groups excluding carboxylic acids is 1. The van der Waals surface area contributed by atoms with Crippen molar-refractivity contribution in [2.75, 3.05) is 11.6 Å². The molecule has 3 rings (SSSR count). The molecule has 1 N–H and O–H groups in total. The van der Waals surface area contributed by atoms with Gasteiger partial charge in [-0.2, -0.15) is 18.3 Å². The number of nitrogens with zero attached hydrogens (tertiary/aromatic N) is 3. The van der Waals surface area contributed by atoms with Gasteiger partial charge in [-0.25, -0.2) is 13.8 Å². The third-order valence-electron chi connectivity index (χ3n) is 4.81. The van der Waals surface area contributed by atoms with E-state index in [4.69, 9.17) is 0 Å². The summed E-state index contributed by atoms with van der Waals surface area (Å²) in [6.07, 6.45) is -2.09. The maximum Gasteiger partial charge on any atom is 0.435 e. The number of amides is 1. The summed E-state index contributed by atoms with van der Waals surface area (Å²) in [5.41, 5.74) is -1.44. The Balaban J connectivity index is 1.92. The van der Waals surface area contributed by atoms with Crippen molar-refractivity contribution in [3.05, 3.63) is 35.3 Å². The van der Waals surface area contributed by atoms with E-state index in [0.29, 0.717) is 10.7 Å². The van der Waals surface area contributed by atoms with Crippen LogP contribution in [0, 0.1) is 12.8 Å². The van der Waals surface area contributed by atoms with Gasteiger partial charge in [0, 0.05) is 36.8 Å². The molecule has 0 radical (unpaired) electrons. The smallest absolute Gasteiger partial charge is 0.321 e. The first-order chi connectivity index (χ1) is 13.5. The highest BCUT2D eigenvalue weighted by Crippen LogP contribution is 2.40. The molecule has 2 heterocycles. The van der Waals surface area contributed by atoms with Crippen LogP contribution in [0.25, 0.3) is 0 Å². The molecule has 2 aromatic heterocycles. The van der Waals surface area contributed by atoms with Crippen LogP contribution in [-0.2, 0) is 12.7 Å². The number of hydrogen-bond acceptors (Lipinski definition) is 4. The van der Waals surface area contributed by atoms with E-state index in [9.17, 15) is 26.7 Å². The third-order valence-corrected chi connectivity index (χ3v) is 5.45. The van der Waals surface area contributed by atoms with Crippen molar-refractivity contribution in [2.24, 2.45) is 5.92 Å². The fraction of sp³-hybridized carbons (Fsp3) is 0.500. The van der Waals surface area contributed by atoms with Gasteiger partial charge in [-0.3, -0.25) is 9.48 Å². The maximum absolute atomic E-state index is 13.5. The highest BCUT2D eigenvalue weighted by atomic mass is 32.2. The van der Waals surface area contributed by atoms with Crippen LogP contribution in [0.15, 0.2) is 23.4 Å². The highest BCUT2D eigenvalue weighted by molar-refractivity contribution is 7.98. The lowest BCUT2D eigenvalue weighted by Gasteiger charge is -2.14. The predicted octanol–water partition coefficient (Wildman–Crippen LogP) is 5.01. The number of alkyl halides is 5. The Kier molecular flexibility index (Phi) is 5.88. The fourth-order valence-corrected chi connectivity index (χ4v) is 3.88. The summed E-state index contributed by atoms with van der Waals surface area (Å²) in [5, 5.41) is 6.73. The molecule has 2 aromatic rings. The number of thioether (sulfide) groups is 1. The van der Waals surface area contributed by atoms with Crippen LogP contribution in [0.2, 0.25) is 0 Å². The molecule has 1 unspecified atom stereocenters. The van der Waals surface area contributed by atoms with Crippen LogP contribution in [0.1, 0.15) is 41.0 Å². The van der Waals surface area contributed by atoms with Crippen LogP contribution >= 0.6 is 11.8 Å². The molecule has 1 amide bonds. The van der Waals surface area contributed by atoms with Crippen molar-refractivity contribution in [2.45, 2.75) is 49.9 Å². The molecule has 158 valence electrons. The van der Waals surface area contributed by atoms with Crippen molar-refractivity contribution >= 4 is 23.4 Å². The molecule has 1 saturated carbocycles. The number of aromatic nitrogens is 3. The van der Waals surface area contributed by atoms with Crippen LogP contribution in [0.4, 0.5) is 27.6 Å². The summed E-state index contributed by atoms with van der Waals surface area (Å²) >= 11 is 1.34. The van der Waals surface area contributed by atoms with Gasteiger partial charge in [0.05, 0.1) is 5.03 Å².